The van der Waals surface area contributed by atoms with E-state index in [0.29, 0.717) is 17.8 Å². The Morgan fingerprint density at radius 3 is 2.74 bits per heavy atom. The highest BCUT2D eigenvalue weighted by molar-refractivity contribution is 7.98. The number of amides is 1. The number of sulfonamides is 1. The summed E-state index contributed by atoms with van der Waals surface area (Å²) in [6, 6.07) is 12.1. The van der Waals surface area contributed by atoms with Crippen LogP contribution in [0, 0.1) is 6.92 Å². The van der Waals surface area contributed by atoms with Crippen LogP contribution >= 0.6 is 11.8 Å². The van der Waals surface area contributed by atoms with Crippen LogP contribution in [-0.2, 0) is 10.0 Å². The molecule has 1 saturated carbocycles. The lowest BCUT2D eigenvalue weighted by Gasteiger charge is -2.18. The molecule has 1 aliphatic rings. The number of fused-ring (bicyclic) bond motifs is 1. The predicted molar refractivity (Wildman–Crippen MR) is 124 cm³/mol. The largest absolute Gasteiger partial charge is 0.342 e. The Balaban J connectivity index is 1.60. The average molecular weight is 459 g/mol. The standard InChI is InChI=1S/C22H26N4O3S2/c1-14-7-10-16(31(28,29)26-15-8-9-15)13-17(14)22(27)25-20(11-12-30-2)21-23-18-5-3-4-6-19(18)24-21/h3-7,10,13,15,20,26H,8-9,11-12H2,1-2H3,(H,23,24)(H,25,27). The first kappa shape index (κ1) is 21.9. The number of H-pyrrole nitrogens is 1. The zero-order chi connectivity index (χ0) is 22.0. The molecule has 1 amide bonds. The number of aromatic amines is 1. The first-order valence-corrected chi connectivity index (χ1v) is 13.1. The Hall–Kier alpha value is -2.36. The van der Waals surface area contributed by atoms with Crippen LogP contribution in [0.25, 0.3) is 11.0 Å². The van der Waals surface area contributed by atoms with Gasteiger partial charge in [0.05, 0.1) is 22.0 Å². The number of benzene rings is 2. The van der Waals surface area contributed by atoms with Gasteiger partial charge in [-0.15, -0.1) is 0 Å². The van der Waals surface area contributed by atoms with Crippen LogP contribution in [-0.4, -0.2) is 42.3 Å². The van der Waals surface area contributed by atoms with Gasteiger partial charge in [-0.2, -0.15) is 11.8 Å². The van der Waals surface area contributed by atoms with Gasteiger partial charge in [-0.05, 0) is 68.0 Å². The maximum atomic E-state index is 13.2. The fourth-order valence-corrected chi connectivity index (χ4v) is 5.19. The van der Waals surface area contributed by atoms with Gasteiger partial charge in [0, 0.05) is 11.6 Å². The third kappa shape index (κ3) is 5.11. The summed E-state index contributed by atoms with van der Waals surface area (Å²) in [6.45, 7) is 1.80. The molecule has 2 aromatic carbocycles. The molecule has 3 aromatic rings. The van der Waals surface area contributed by atoms with Crippen molar-refractivity contribution in [3.63, 3.8) is 0 Å². The van der Waals surface area contributed by atoms with Crippen molar-refractivity contribution < 1.29 is 13.2 Å². The van der Waals surface area contributed by atoms with E-state index in [-0.39, 0.29) is 22.9 Å². The van der Waals surface area contributed by atoms with Crippen LogP contribution in [0.3, 0.4) is 0 Å². The number of nitrogens with one attached hydrogen (secondary N) is 3. The van der Waals surface area contributed by atoms with E-state index in [9.17, 15) is 13.2 Å². The maximum absolute atomic E-state index is 13.2. The number of thioether (sulfide) groups is 1. The molecule has 0 aliphatic heterocycles. The van der Waals surface area contributed by atoms with Crippen molar-refractivity contribution in [2.24, 2.45) is 0 Å². The van der Waals surface area contributed by atoms with Crippen molar-refractivity contribution in [2.75, 3.05) is 12.0 Å². The van der Waals surface area contributed by atoms with Crippen LogP contribution in [0.2, 0.25) is 0 Å². The molecule has 1 aromatic heterocycles. The Labute approximate surface area is 186 Å². The van der Waals surface area contributed by atoms with Crippen LogP contribution in [0.15, 0.2) is 47.4 Å². The molecule has 1 fully saturated rings. The number of hydrogen-bond donors (Lipinski definition) is 3. The molecule has 9 heteroatoms. The number of para-hydroxylation sites is 2. The minimum absolute atomic E-state index is 0.00703. The molecule has 1 heterocycles. The summed E-state index contributed by atoms with van der Waals surface area (Å²) < 4.78 is 27.8. The van der Waals surface area contributed by atoms with E-state index in [0.717, 1.165) is 35.2 Å². The zero-order valence-electron chi connectivity index (χ0n) is 17.5. The summed E-state index contributed by atoms with van der Waals surface area (Å²) in [7, 11) is -3.63. The maximum Gasteiger partial charge on any atom is 0.252 e. The smallest absolute Gasteiger partial charge is 0.252 e. The normalized spacial score (nSPS) is 15.2. The van der Waals surface area contributed by atoms with Gasteiger partial charge in [0.15, 0.2) is 0 Å². The van der Waals surface area contributed by atoms with E-state index in [1.165, 1.54) is 6.07 Å². The number of nitrogens with zero attached hydrogens (tertiary/aromatic N) is 1. The Morgan fingerprint density at radius 2 is 2.03 bits per heavy atom. The number of aryl methyl sites for hydroxylation is 1. The number of aromatic nitrogens is 2. The molecular formula is C22H26N4O3S2. The highest BCUT2D eigenvalue weighted by atomic mass is 32.2. The van der Waals surface area contributed by atoms with Crippen molar-refractivity contribution in [3.8, 4) is 0 Å². The monoisotopic (exact) mass is 458 g/mol. The van der Waals surface area contributed by atoms with Crippen LogP contribution in [0.1, 0.15) is 47.1 Å². The molecule has 7 nitrogen and oxygen atoms in total. The first-order valence-electron chi connectivity index (χ1n) is 10.2. The van der Waals surface area contributed by atoms with Gasteiger partial charge in [-0.1, -0.05) is 18.2 Å². The predicted octanol–water partition coefficient (Wildman–Crippen LogP) is 3.54. The van der Waals surface area contributed by atoms with Crippen LogP contribution in [0.5, 0.6) is 0 Å². The van der Waals surface area contributed by atoms with Crippen molar-refractivity contribution in [2.45, 2.75) is 43.2 Å². The van der Waals surface area contributed by atoms with Gasteiger partial charge in [0.1, 0.15) is 5.82 Å². The van der Waals surface area contributed by atoms with E-state index >= 15 is 0 Å². The van der Waals surface area contributed by atoms with Gasteiger partial charge in [-0.3, -0.25) is 4.79 Å². The average Bonchev–Trinajstić information content (AvgIpc) is 3.44. The fraction of sp³-hybridized carbons (Fsp3) is 0.364. The topological polar surface area (TPSA) is 104 Å². The van der Waals surface area contributed by atoms with Crippen molar-refractivity contribution in [3.05, 3.63) is 59.4 Å². The number of carbonyl (C=O) groups is 1. The van der Waals surface area contributed by atoms with Crippen molar-refractivity contribution >= 4 is 38.7 Å². The van der Waals surface area contributed by atoms with Gasteiger partial charge < -0.3 is 10.3 Å². The summed E-state index contributed by atoms with van der Waals surface area (Å²) in [5.41, 5.74) is 2.83. The SMILES string of the molecule is CSCCC(NC(=O)c1cc(S(=O)(=O)NC2CC2)ccc1C)c1nc2ccccc2[nH]1. The van der Waals surface area contributed by atoms with Gasteiger partial charge in [0.2, 0.25) is 10.0 Å². The molecule has 1 aliphatic carbocycles. The highest BCUT2D eigenvalue weighted by Crippen LogP contribution is 2.24. The van der Waals surface area contributed by atoms with E-state index in [1.807, 2.05) is 30.5 Å². The van der Waals surface area contributed by atoms with E-state index in [4.69, 9.17) is 0 Å². The molecule has 1 atom stereocenters. The summed E-state index contributed by atoms with van der Waals surface area (Å²) in [5, 5.41) is 3.06. The Kier molecular flexibility index (Phi) is 6.36. The quantitative estimate of drug-likeness (QED) is 0.455. The lowest BCUT2D eigenvalue weighted by Crippen LogP contribution is -2.31. The van der Waals surface area contributed by atoms with E-state index in [2.05, 4.69) is 20.0 Å². The molecule has 3 N–H and O–H groups in total. The number of hydrogen-bond acceptors (Lipinski definition) is 5. The van der Waals surface area contributed by atoms with Gasteiger partial charge >= 0.3 is 0 Å². The van der Waals surface area contributed by atoms with E-state index in [1.54, 1.807) is 30.8 Å². The van der Waals surface area contributed by atoms with Crippen LogP contribution in [0.4, 0.5) is 0 Å². The Bertz CT molecular complexity index is 1170. The number of rotatable bonds is 9. The molecule has 1 unspecified atom stereocenters. The first-order chi connectivity index (χ1) is 14.9. The second-order valence-corrected chi connectivity index (χ2v) is 10.5. The molecular weight excluding hydrogens is 432 g/mol. The highest BCUT2D eigenvalue weighted by Gasteiger charge is 2.29. The summed E-state index contributed by atoms with van der Waals surface area (Å²) in [6.07, 6.45) is 4.43. The molecule has 0 saturated heterocycles. The molecule has 0 spiro atoms. The zero-order valence-corrected chi connectivity index (χ0v) is 19.1. The van der Waals surface area contributed by atoms with Gasteiger partial charge in [-0.25, -0.2) is 18.1 Å². The molecule has 164 valence electrons. The summed E-state index contributed by atoms with van der Waals surface area (Å²) >= 11 is 1.69. The fourth-order valence-electron chi connectivity index (χ4n) is 3.39. The molecule has 0 bridgehead atoms. The second kappa shape index (κ2) is 9.02. The minimum atomic E-state index is -3.63. The van der Waals surface area contributed by atoms with Gasteiger partial charge in [0.25, 0.3) is 5.91 Å². The third-order valence-corrected chi connectivity index (χ3v) is 7.48. The van der Waals surface area contributed by atoms with E-state index < -0.39 is 10.0 Å². The number of imidazole rings is 1. The summed E-state index contributed by atoms with van der Waals surface area (Å²) in [4.78, 5) is 21.2. The van der Waals surface area contributed by atoms with Crippen LogP contribution < -0.4 is 10.0 Å². The molecule has 0 radical (unpaired) electrons. The lowest BCUT2D eigenvalue weighted by atomic mass is 10.1. The minimum Gasteiger partial charge on any atom is -0.342 e. The van der Waals surface area contributed by atoms with Crippen molar-refractivity contribution in [1.29, 1.82) is 0 Å². The lowest BCUT2D eigenvalue weighted by molar-refractivity contribution is 0.0933. The second-order valence-electron chi connectivity index (χ2n) is 7.82. The Morgan fingerprint density at radius 1 is 1.26 bits per heavy atom. The molecule has 31 heavy (non-hydrogen) atoms. The number of carbonyl (C=O) groups excluding carboxylic acids is 1. The molecule has 4 rings (SSSR count). The third-order valence-electron chi connectivity index (χ3n) is 5.32. The summed E-state index contributed by atoms with van der Waals surface area (Å²) in [5.74, 6) is 1.23. The van der Waals surface area contributed by atoms with Crippen molar-refractivity contribution in [1.82, 2.24) is 20.0 Å².